The van der Waals surface area contributed by atoms with Crippen LogP contribution in [0.25, 0.3) is 0 Å². The van der Waals surface area contributed by atoms with Crippen molar-refractivity contribution >= 4 is 5.97 Å². The fourth-order valence-electron chi connectivity index (χ4n) is 2.83. The first-order valence-electron chi connectivity index (χ1n) is 7.24. The van der Waals surface area contributed by atoms with Crippen LogP contribution in [0.1, 0.15) is 40.0 Å². The SMILES string of the molecule is CCOC(=O)C[C@]12O[C@@H](CCO)C[C@H](C=CC1(C)C)O2. The molecule has 5 heteroatoms. The molecular formula is C15H24O5. The molecule has 1 fully saturated rings. The van der Waals surface area contributed by atoms with Crippen LogP contribution in [0, 0.1) is 5.41 Å². The normalized spacial score (nSPS) is 34.8. The summed E-state index contributed by atoms with van der Waals surface area (Å²) >= 11 is 0. The van der Waals surface area contributed by atoms with Crippen LogP contribution < -0.4 is 0 Å². The van der Waals surface area contributed by atoms with Crippen LogP contribution in [0.4, 0.5) is 0 Å². The lowest BCUT2D eigenvalue weighted by molar-refractivity contribution is -0.351. The van der Waals surface area contributed by atoms with Crippen molar-refractivity contribution in [1.82, 2.24) is 0 Å². The van der Waals surface area contributed by atoms with E-state index in [0.717, 1.165) is 0 Å². The number of ether oxygens (including phenoxy) is 3. The Kier molecular flexibility index (Phi) is 4.52. The highest BCUT2D eigenvalue weighted by Gasteiger charge is 2.55. The second kappa shape index (κ2) is 5.84. The second-order valence-corrected chi connectivity index (χ2v) is 5.96. The van der Waals surface area contributed by atoms with Gasteiger partial charge in [-0.2, -0.15) is 0 Å². The summed E-state index contributed by atoms with van der Waals surface area (Å²) in [5, 5.41) is 9.13. The molecule has 2 aliphatic heterocycles. The lowest BCUT2D eigenvalue weighted by atomic mass is 9.76. The molecule has 2 bridgehead atoms. The first kappa shape index (κ1) is 15.5. The van der Waals surface area contributed by atoms with Gasteiger partial charge in [-0.05, 0) is 13.3 Å². The highest BCUT2D eigenvalue weighted by Crippen LogP contribution is 2.48. The van der Waals surface area contributed by atoms with Crippen LogP contribution >= 0.6 is 0 Å². The van der Waals surface area contributed by atoms with Gasteiger partial charge in [-0.3, -0.25) is 4.79 Å². The van der Waals surface area contributed by atoms with Gasteiger partial charge in [0, 0.05) is 18.4 Å². The molecule has 2 aliphatic rings. The van der Waals surface area contributed by atoms with Crippen molar-refractivity contribution in [2.75, 3.05) is 13.2 Å². The number of hydrogen-bond donors (Lipinski definition) is 1. The second-order valence-electron chi connectivity index (χ2n) is 5.96. The van der Waals surface area contributed by atoms with Crippen molar-refractivity contribution in [1.29, 1.82) is 0 Å². The van der Waals surface area contributed by atoms with Crippen molar-refractivity contribution in [3.05, 3.63) is 12.2 Å². The summed E-state index contributed by atoms with van der Waals surface area (Å²) in [5.41, 5.74) is -0.426. The van der Waals surface area contributed by atoms with Crippen molar-refractivity contribution in [2.45, 2.75) is 58.0 Å². The Bertz CT molecular complexity index is 390. The third-order valence-electron chi connectivity index (χ3n) is 4.04. The molecule has 20 heavy (non-hydrogen) atoms. The summed E-state index contributed by atoms with van der Waals surface area (Å²) in [6.07, 6.45) is 5.23. The maximum absolute atomic E-state index is 11.9. The summed E-state index contributed by atoms with van der Waals surface area (Å²) in [6.45, 7) is 6.16. The number of rotatable bonds is 5. The van der Waals surface area contributed by atoms with Crippen molar-refractivity contribution < 1.29 is 24.1 Å². The van der Waals surface area contributed by atoms with Crippen molar-refractivity contribution in [2.24, 2.45) is 5.41 Å². The number of esters is 1. The topological polar surface area (TPSA) is 65.0 Å². The molecule has 0 saturated carbocycles. The van der Waals surface area contributed by atoms with Crippen molar-refractivity contribution in [3.8, 4) is 0 Å². The van der Waals surface area contributed by atoms with Crippen LogP contribution in [-0.2, 0) is 19.0 Å². The predicted octanol–water partition coefficient (Wildman–Crippen LogP) is 1.79. The van der Waals surface area contributed by atoms with E-state index in [-0.39, 0.29) is 31.2 Å². The van der Waals surface area contributed by atoms with Gasteiger partial charge in [0.1, 0.15) is 6.42 Å². The largest absolute Gasteiger partial charge is 0.466 e. The van der Waals surface area contributed by atoms with Gasteiger partial charge in [-0.1, -0.05) is 26.0 Å². The van der Waals surface area contributed by atoms with E-state index in [0.29, 0.717) is 19.4 Å². The quantitative estimate of drug-likeness (QED) is 0.616. The zero-order chi connectivity index (χ0) is 14.8. The Morgan fingerprint density at radius 3 is 2.85 bits per heavy atom. The lowest BCUT2D eigenvalue weighted by Crippen LogP contribution is -2.59. The molecule has 0 amide bonds. The first-order valence-corrected chi connectivity index (χ1v) is 7.24. The maximum atomic E-state index is 11.9. The Morgan fingerprint density at radius 2 is 2.20 bits per heavy atom. The first-order chi connectivity index (χ1) is 9.42. The molecule has 0 radical (unpaired) electrons. The molecule has 0 spiro atoms. The third kappa shape index (κ3) is 2.90. The monoisotopic (exact) mass is 284 g/mol. The Hall–Kier alpha value is -0.910. The highest BCUT2D eigenvalue weighted by molar-refractivity contribution is 5.70. The van der Waals surface area contributed by atoms with E-state index in [9.17, 15) is 4.79 Å². The highest BCUT2D eigenvalue weighted by atomic mass is 16.7. The van der Waals surface area contributed by atoms with Crippen LogP contribution in [0.2, 0.25) is 0 Å². The minimum absolute atomic E-state index is 0.0661. The van der Waals surface area contributed by atoms with E-state index in [2.05, 4.69) is 6.08 Å². The van der Waals surface area contributed by atoms with Gasteiger partial charge in [-0.15, -0.1) is 0 Å². The summed E-state index contributed by atoms with van der Waals surface area (Å²) in [7, 11) is 0. The van der Waals surface area contributed by atoms with E-state index in [4.69, 9.17) is 19.3 Å². The predicted molar refractivity (Wildman–Crippen MR) is 73.0 cm³/mol. The Labute approximate surface area is 119 Å². The van der Waals surface area contributed by atoms with Crippen LogP contribution in [-0.4, -0.2) is 42.3 Å². The molecule has 2 heterocycles. The maximum Gasteiger partial charge on any atom is 0.311 e. The van der Waals surface area contributed by atoms with Gasteiger partial charge in [-0.25, -0.2) is 0 Å². The minimum atomic E-state index is -1.00. The molecule has 3 atom stereocenters. The smallest absolute Gasteiger partial charge is 0.311 e. The molecule has 1 saturated heterocycles. The number of aliphatic hydroxyl groups excluding tert-OH is 1. The number of aliphatic hydroxyl groups is 1. The molecule has 0 aliphatic carbocycles. The lowest BCUT2D eigenvalue weighted by Gasteiger charge is -2.53. The number of hydrogen-bond acceptors (Lipinski definition) is 5. The molecular weight excluding hydrogens is 260 g/mol. The van der Waals surface area contributed by atoms with Crippen LogP contribution in [0.3, 0.4) is 0 Å². The van der Waals surface area contributed by atoms with Gasteiger partial charge >= 0.3 is 5.97 Å². The van der Waals surface area contributed by atoms with Gasteiger partial charge in [0.2, 0.25) is 0 Å². The average molecular weight is 284 g/mol. The zero-order valence-corrected chi connectivity index (χ0v) is 12.4. The molecule has 2 rings (SSSR count). The van der Waals surface area contributed by atoms with Gasteiger partial charge in [0.25, 0.3) is 0 Å². The minimum Gasteiger partial charge on any atom is -0.466 e. The molecule has 5 nitrogen and oxygen atoms in total. The summed E-state index contributed by atoms with van der Waals surface area (Å²) in [4.78, 5) is 11.9. The average Bonchev–Trinajstić information content (AvgIpc) is 2.35. The molecule has 1 N–H and O–H groups in total. The number of carbonyl (C=O) groups is 1. The van der Waals surface area contributed by atoms with Gasteiger partial charge in [0.15, 0.2) is 5.79 Å². The van der Waals surface area contributed by atoms with E-state index in [1.165, 1.54) is 0 Å². The van der Waals surface area contributed by atoms with E-state index in [1.54, 1.807) is 6.92 Å². The summed E-state index contributed by atoms with van der Waals surface area (Å²) in [6, 6.07) is 0. The van der Waals surface area contributed by atoms with E-state index in [1.807, 2.05) is 19.9 Å². The molecule has 0 aromatic rings. The molecule has 0 aromatic carbocycles. The summed E-state index contributed by atoms with van der Waals surface area (Å²) < 4.78 is 17.2. The Morgan fingerprint density at radius 1 is 1.45 bits per heavy atom. The van der Waals surface area contributed by atoms with Gasteiger partial charge in [0.05, 0.1) is 18.8 Å². The summed E-state index contributed by atoms with van der Waals surface area (Å²) in [5.74, 6) is -1.32. The van der Waals surface area contributed by atoms with Crippen LogP contribution in [0.15, 0.2) is 12.2 Å². The third-order valence-corrected chi connectivity index (χ3v) is 4.04. The standard InChI is InChI=1S/C15H24O5/c1-4-18-13(17)10-15-14(2,3)7-5-11(19-15)9-12(20-15)6-8-16/h5,7,11-12,16H,4,6,8-10H2,1-3H3/t11-,12-,15-/m0/s1. The number of fused-ring (bicyclic) bond motifs is 2. The van der Waals surface area contributed by atoms with Gasteiger partial charge < -0.3 is 19.3 Å². The zero-order valence-electron chi connectivity index (χ0n) is 12.4. The van der Waals surface area contributed by atoms with Crippen molar-refractivity contribution in [3.63, 3.8) is 0 Å². The van der Waals surface area contributed by atoms with Crippen LogP contribution in [0.5, 0.6) is 0 Å². The van der Waals surface area contributed by atoms with E-state index >= 15 is 0 Å². The Balaban J connectivity index is 2.23. The fourth-order valence-corrected chi connectivity index (χ4v) is 2.83. The molecule has 0 aromatic heterocycles. The number of carbonyl (C=O) groups excluding carboxylic acids is 1. The molecule has 114 valence electrons. The van der Waals surface area contributed by atoms with E-state index < -0.39 is 11.2 Å². The fraction of sp³-hybridized carbons (Fsp3) is 0.800. The molecule has 0 unspecified atom stereocenters.